The summed E-state index contributed by atoms with van der Waals surface area (Å²) in [5.41, 5.74) is 4.36. The summed E-state index contributed by atoms with van der Waals surface area (Å²) in [5, 5.41) is 8.98. The number of hydrogen-bond acceptors (Lipinski definition) is 4. The normalized spacial score (nSPS) is 12.2. The van der Waals surface area contributed by atoms with Crippen LogP contribution in [0, 0.1) is 19.7 Å². The van der Waals surface area contributed by atoms with Gasteiger partial charge in [0, 0.05) is 0 Å². The Morgan fingerprint density at radius 1 is 0.956 bits per heavy atom. The van der Waals surface area contributed by atoms with Crippen LogP contribution in [0.25, 0.3) is 21.3 Å². The first-order chi connectivity index (χ1) is 21.4. The number of aromatic nitrogens is 1. The van der Waals surface area contributed by atoms with E-state index in [4.69, 9.17) is 26.4 Å². The van der Waals surface area contributed by atoms with Crippen LogP contribution in [-0.2, 0) is 17.4 Å². The van der Waals surface area contributed by atoms with Gasteiger partial charge in [-0.15, -0.1) is 0 Å². The van der Waals surface area contributed by atoms with Gasteiger partial charge < -0.3 is 0 Å². The molecule has 4 aromatic carbocycles. The maximum absolute atomic E-state index is 13.7. The van der Waals surface area contributed by atoms with E-state index in [1.807, 2.05) is 50.2 Å². The zero-order valence-electron chi connectivity index (χ0n) is 24.0. The first-order valence-electron chi connectivity index (χ1n) is 13.7. The van der Waals surface area contributed by atoms with E-state index in [9.17, 15) is 22.4 Å². The number of aliphatic carboxylic acids is 1. The number of alkyl halides is 3. The molecule has 0 bridgehead atoms. The molecule has 0 saturated heterocycles. The van der Waals surface area contributed by atoms with Crippen LogP contribution in [0.1, 0.15) is 32.1 Å². The van der Waals surface area contributed by atoms with Crippen molar-refractivity contribution in [3.8, 4) is 27.0 Å². The van der Waals surface area contributed by atoms with Gasteiger partial charge in [0.25, 0.3) is 0 Å². The minimum absolute atomic E-state index is 0.0444. The molecular formula is C34H26ClF4NO3SSe. The maximum atomic E-state index is 13.7. The van der Waals surface area contributed by atoms with E-state index in [1.165, 1.54) is 18.2 Å². The Balaban J connectivity index is 1.45. The second-order valence-electron chi connectivity index (χ2n) is 10.3. The number of carboxylic acid groups (broad SMARTS) is 1. The Bertz CT molecular complexity index is 1830. The second kappa shape index (κ2) is 13.8. The van der Waals surface area contributed by atoms with Gasteiger partial charge in [-0.25, -0.2) is 0 Å². The summed E-state index contributed by atoms with van der Waals surface area (Å²) in [7, 11) is 0. The quantitative estimate of drug-likeness (QED) is 0.0886. The summed E-state index contributed by atoms with van der Waals surface area (Å²) in [6.07, 6.45) is -3.76. The molecule has 0 amide bonds. The summed E-state index contributed by atoms with van der Waals surface area (Å²) in [4.78, 5) is 16.7. The Labute approximate surface area is 272 Å². The predicted molar refractivity (Wildman–Crippen MR) is 170 cm³/mol. The Morgan fingerprint density at radius 2 is 1.62 bits per heavy atom. The van der Waals surface area contributed by atoms with Crippen LogP contribution in [0.2, 0.25) is 5.02 Å². The Kier molecular flexibility index (Phi) is 10.1. The summed E-state index contributed by atoms with van der Waals surface area (Å²) >= 11 is 7.40. The fourth-order valence-electron chi connectivity index (χ4n) is 4.70. The average molecular weight is 719 g/mol. The predicted octanol–water partition coefficient (Wildman–Crippen LogP) is 9.44. The number of thioether (sulfide) groups is 1. The molecule has 5 rings (SSSR count). The van der Waals surface area contributed by atoms with Gasteiger partial charge in [0.15, 0.2) is 0 Å². The molecule has 1 unspecified atom stereocenters. The molecule has 45 heavy (non-hydrogen) atoms. The summed E-state index contributed by atoms with van der Waals surface area (Å²) in [6.45, 7) is 3.35. The van der Waals surface area contributed by atoms with Crippen molar-refractivity contribution in [3.63, 3.8) is 0 Å². The minimum atomic E-state index is -4.41. The number of halogens is 5. The van der Waals surface area contributed by atoms with Crippen LogP contribution in [0.3, 0.4) is 0 Å². The van der Waals surface area contributed by atoms with Gasteiger partial charge >= 0.3 is 274 Å². The Hall–Kier alpha value is -3.56. The zero-order valence-corrected chi connectivity index (χ0v) is 27.3. The van der Waals surface area contributed by atoms with Gasteiger partial charge in [-0.1, -0.05) is 0 Å². The number of benzene rings is 4. The molecule has 1 aromatic heterocycles. The van der Waals surface area contributed by atoms with Crippen molar-refractivity contribution in [2.45, 2.75) is 36.6 Å². The number of rotatable bonds is 10. The van der Waals surface area contributed by atoms with Gasteiger partial charge in [-0.3, -0.25) is 0 Å². The SMILES string of the molecule is Cc1cc(SC(Cc2ccc(-c3ccc(F)c(Cl)c3)cc2)c2[se]c(-c3ccc(C(F)(F)F)cc3)nc2C)ccc1OCC(=O)O. The second-order valence-corrected chi connectivity index (χ2v) is 14.1. The summed E-state index contributed by atoms with van der Waals surface area (Å²) in [6, 6.07) is 23.3. The van der Waals surface area contributed by atoms with E-state index in [1.54, 1.807) is 30.0 Å². The monoisotopic (exact) mass is 719 g/mol. The van der Waals surface area contributed by atoms with Crippen molar-refractivity contribution in [1.29, 1.82) is 0 Å². The van der Waals surface area contributed by atoms with Crippen molar-refractivity contribution in [2.24, 2.45) is 0 Å². The van der Waals surface area contributed by atoms with Crippen molar-refractivity contribution in [1.82, 2.24) is 4.98 Å². The van der Waals surface area contributed by atoms with Crippen LogP contribution < -0.4 is 4.74 Å². The molecule has 0 saturated carbocycles. The molecule has 0 aliphatic heterocycles. The van der Waals surface area contributed by atoms with E-state index in [2.05, 4.69) is 0 Å². The topological polar surface area (TPSA) is 59.4 Å². The molecule has 0 fully saturated rings. The van der Waals surface area contributed by atoms with Gasteiger partial charge in [0.1, 0.15) is 0 Å². The Morgan fingerprint density at radius 3 is 2.24 bits per heavy atom. The molecule has 4 nitrogen and oxygen atoms in total. The fourth-order valence-corrected chi connectivity index (χ4v) is 8.92. The zero-order chi connectivity index (χ0) is 32.3. The number of hydrogen-bond donors (Lipinski definition) is 1. The van der Waals surface area contributed by atoms with Crippen LogP contribution >= 0.6 is 23.4 Å². The molecule has 1 N–H and O–H groups in total. The van der Waals surface area contributed by atoms with E-state index in [-0.39, 0.29) is 24.8 Å². The number of carboxylic acids is 1. The van der Waals surface area contributed by atoms with Crippen LogP contribution in [-0.4, -0.2) is 37.2 Å². The number of nitrogens with zero attached hydrogens (tertiary/aromatic N) is 1. The van der Waals surface area contributed by atoms with Crippen LogP contribution in [0.4, 0.5) is 17.6 Å². The van der Waals surface area contributed by atoms with Crippen LogP contribution in [0.5, 0.6) is 5.75 Å². The third-order valence-electron chi connectivity index (χ3n) is 6.99. The number of aryl methyl sites for hydroxylation is 2. The summed E-state index contributed by atoms with van der Waals surface area (Å²) < 4.78 is 60.4. The molecule has 1 heterocycles. The van der Waals surface area contributed by atoms with Gasteiger partial charge in [0.2, 0.25) is 0 Å². The molecule has 0 aliphatic rings. The molecule has 1 atom stereocenters. The third kappa shape index (κ3) is 8.19. The standard InChI is InChI=1S/C34H26ClF4NO3SSe/c1-19-15-26(12-14-29(19)43-18-31(41)42)44-30(16-21-3-5-22(6-4-21)24-9-13-28(36)27(35)17-24)32-20(2)40-33(45-32)23-7-10-25(11-8-23)34(37,38)39/h3-15,17,30H,16,18H2,1-2H3,(H,41,42). The molecule has 0 spiro atoms. The van der Waals surface area contributed by atoms with Gasteiger partial charge in [-0.2, -0.15) is 0 Å². The number of carbonyl (C=O) groups is 1. The molecule has 0 radical (unpaired) electrons. The molecule has 5 aromatic rings. The van der Waals surface area contributed by atoms with E-state index < -0.39 is 30.1 Å². The molecular weight excluding hydrogens is 693 g/mol. The van der Waals surface area contributed by atoms with Crippen molar-refractivity contribution in [3.05, 3.63) is 123 Å². The van der Waals surface area contributed by atoms with E-state index >= 15 is 0 Å². The van der Waals surface area contributed by atoms with E-state index in [0.29, 0.717) is 17.7 Å². The van der Waals surface area contributed by atoms with E-state index in [0.717, 1.165) is 54.0 Å². The summed E-state index contributed by atoms with van der Waals surface area (Å²) in [5.74, 6) is -1.05. The first kappa shape index (κ1) is 32.8. The first-order valence-corrected chi connectivity index (χ1v) is 16.7. The van der Waals surface area contributed by atoms with Gasteiger partial charge in [0.05, 0.1) is 0 Å². The third-order valence-corrected chi connectivity index (χ3v) is 11.6. The number of ether oxygens (including phenoxy) is 1. The van der Waals surface area contributed by atoms with Crippen molar-refractivity contribution in [2.75, 3.05) is 6.61 Å². The fraction of sp³-hybridized carbons (Fsp3) is 0.176. The van der Waals surface area contributed by atoms with Gasteiger partial charge in [-0.05, 0) is 0 Å². The van der Waals surface area contributed by atoms with Crippen molar-refractivity contribution < 1.29 is 32.2 Å². The molecule has 11 heteroatoms. The van der Waals surface area contributed by atoms with Crippen LogP contribution in [0.15, 0.2) is 89.8 Å². The molecule has 232 valence electrons. The van der Waals surface area contributed by atoms with Crippen molar-refractivity contribution >= 4 is 43.8 Å². The average Bonchev–Trinajstić information content (AvgIpc) is 3.39. The molecule has 0 aliphatic carbocycles.